The molecule has 8 heteroatoms. The lowest BCUT2D eigenvalue weighted by atomic mass is 10.1. The number of carbonyl (C=O) groups is 1. The van der Waals surface area contributed by atoms with E-state index in [1.54, 1.807) is 12.1 Å². The molecule has 0 aliphatic rings. The number of aliphatic carboxylic acids is 1. The molecule has 4 rings (SSSR count). The monoisotopic (exact) mass is 378 g/mol. The molecule has 2 aromatic carbocycles. The molecule has 1 N–H and O–H groups in total. The fourth-order valence-electron chi connectivity index (χ4n) is 3.04. The van der Waals surface area contributed by atoms with Crippen LogP contribution in [0.4, 0.5) is 4.39 Å². The molecule has 0 atom stereocenters. The Labute approximate surface area is 158 Å². The van der Waals surface area contributed by atoms with Gasteiger partial charge in [-0.3, -0.25) is 9.59 Å². The summed E-state index contributed by atoms with van der Waals surface area (Å²) in [6.45, 7) is 0. The summed E-state index contributed by atoms with van der Waals surface area (Å²) >= 11 is 0. The predicted octanol–water partition coefficient (Wildman–Crippen LogP) is 2.85. The van der Waals surface area contributed by atoms with Crippen molar-refractivity contribution in [2.24, 2.45) is 0 Å². The summed E-state index contributed by atoms with van der Waals surface area (Å²) in [6.07, 6.45) is 0.720. The number of rotatable bonds is 5. The van der Waals surface area contributed by atoms with Crippen LogP contribution in [0, 0.1) is 5.82 Å². The normalized spacial score (nSPS) is 11.2. The third kappa shape index (κ3) is 3.32. The maximum atomic E-state index is 13.2. The van der Waals surface area contributed by atoms with Gasteiger partial charge in [0.25, 0.3) is 5.56 Å². The maximum Gasteiger partial charge on any atom is 0.303 e. The molecular weight excluding hydrogens is 363 g/mol. The number of fused-ring (bicyclic) bond motifs is 3. The quantitative estimate of drug-likeness (QED) is 0.536. The van der Waals surface area contributed by atoms with Crippen molar-refractivity contribution in [1.82, 2.24) is 19.6 Å². The second kappa shape index (κ2) is 7.15. The Morgan fingerprint density at radius 2 is 1.82 bits per heavy atom. The highest BCUT2D eigenvalue weighted by Gasteiger charge is 2.15. The van der Waals surface area contributed by atoms with Gasteiger partial charge in [0.15, 0.2) is 11.3 Å². The Morgan fingerprint density at radius 1 is 1.07 bits per heavy atom. The summed E-state index contributed by atoms with van der Waals surface area (Å²) < 4.78 is 14.7. The van der Waals surface area contributed by atoms with E-state index in [1.165, 1.54) is 28.8 Å². The molecule has 0 saturated heterocycles. The van der Waals surface area contributed by atoms with Crippen LogP contribution < -0.4 is 5.56 Å². The lowest BCUT2D eigenvalue weighted by Gasteiger charge is -2.11. The largest absolute Gasteiger partial charge is 0.481 e. The zero-order valence-electron chi connectivity index (χ0n) is 14.7. The zero-order valence-corrected chi connectivity index (χ0v) is 14.7. The number of aryl methyl sites for hydroxylation is 1. The molecule has 0 fully saturated rings. The molecule has 0 saturated carbocycles. The number of carboxylic acid groups (broad SMARTS) is 1. The van der Waals surface area contributed by atoms with Gasteiger partial charge in [-0.05, 0) is 42.8 Å². The SMILES string of the molecule is O=C(O)CCCc1nc2ccccc2c2nc(=O)c(-c3ccc(F)cc3)nn12. The zero-order chi connectivity index (χ0) is 19.7. The Morgan fingerprint density at radius 3 is 2.57 bits per heavy atom. The summed E-state index contributed by atoms with van der Waals surface area (Å²) in [5.41, 5.74) is 0.995. The number of halogens is 1. The van der Waals surface area contributed by atoms with Gasteiger partial charge in [0.1, 0.15) is 11.6 Å². The Hall–Kier alpha value is -3.68. The van der Waals surface area contributed by atoms with Crippen molar-refractivity contribution >= 4 is 22.5 Å². The number of aromatic nitrogens is 4. The van der Waals surface area contributed by atoms with E-state index in [0.717, 1.165) is 0 Å². The van der Waals surface area contributed by atoms with Gasteiger partial charge in [0, 0.05) is 23.8 Å². The van der Waals surface area contributed by atoms with Crippen LogP contribution in [-0.4, -0.2) is 30.7 Å². The van der Waals surface area contributed by atoms with Crippen LogP contribution in [0.25, 0.3) is 27.8 Å². The Balaban J connectivity index is 1.94. The average Bonchev–Trinajstić information content (AvgIpc) is 2.68. The molecule has 140 valence electrons. The first-order valence-corrected chi connectivity index (χ1v) is 8.69. The standard InChI is InChI=1S/C20H15FN4O3/c21-13-10-8-12(9-11-13)18-20(28)23-19-14-4-1-2-5-15(14)22-16(25(19)24-18)6-3-7-17(26)27/h1-2,4-5,8-11H,3,6-7H2,(H,26,27). The molecule has 0 unspecified atom stereocenters. The third-order valence-corrected chi connectivity index (χ3v) is 4.36. The van der Waals surface area contributed by atoms with Gasteiger partial charge in [0.2, 0.25) is 0 Å². The predicted molar refractivity (Wildman–Crippen MR) is 101 cm³/mol. The van der Waals surface area contributed by atoms with E-state index >= 15 is 0 Å². The second-order valence-electron chi connectivity index (χ2n) is 6.30. The van der Waals surface area contributed by atoms with Crippen molar-refractivity contribution in [1.29, 1.82) is 0 Å². The van der Waals surface area contributed by atoms with Crippen molar-refractivity contribution in [3.63, 3.8) is 0 Å². The van der Waals surface area contributed by atoms with Crippen LogP contribution in [0.2, 0.25) is 0 Å². The van der Waals surface area contributed by atoms with Gasteiger partial charge in [-0.15, -0.1) is 0 Å². The van der Waals surface area contributed by atoms with Crippen molar-refractivity contribution in [2.45, 2.75) is 19.3 Å². The second-order valence-corrected chi connectivity index (χ2v) is 6.30. The number of hydrogen-bond donors (Lipinski definition) is 1. The van der Waals surface area contributed by atoms with Gasteiger partial charge >= 0.3 is 5.97 Å². The highest BCUT2D eigenvalue weighted by molar-refractivity contribution is 5.91. The fraction of sp³-hybridized carbons (Fsp3) is 0.150. The van der Waals surface area contributed by atoms with Gasteiger partial charge < -0.3 is 5.11 Å². The molecule has 0 radical (unpaired) electrons. The van der Waals surface area contributed by atoms with Gasteiger partial charge in [-0.1, -0.05) is 12.1 Å². The molecular formula is C20H15FN4O3. The van der Waals surface area contributed by atoms with E-state index in [1.807, 2.05) is 12.1 Å². The van der Waals surface area contributed by atoms with Crippen LogP contribution in [0.1, 0.15) is 18.7 Å². The topological polar surface area (TPSA) is 97.5 Å². The third-order valence-electron chi connectivity index (χ3n) is 4.36. The van der Waals surface area contributed by atoms with Gasteiger partial charge in [0.05, 0.1) is 5.52 Å². The van der Waals surface area contributed by atoms with Crippen LogP contribution in [0.15, 0.2) is 53.3 Å². The molecule has 28 heavy (non-hydrogen) atoms. The Kier molecular flexibility index (Phi) is 4.52. The highest BCUT2D eigenvalue weighted by atomic mass is 19.1. The molecule has 4 aromatic rings. The number of benzene rings is 2. The summed E-state index contributed by atoms with van der Waals surface area (Å²) in [4.78, 5) is 32.2. The van der Waals surface area contributed by atoms with Crippen molar-refractivity contribution < 1.29 is 14.3 Å². The minimum absolute atomic E-state index is 0.00551. The molecule has 0 aliphatic carbocycles. The van der Waals surface area contributed by atoms with Crippen molar-refractivity contribution in [3.05, 3.63) is 70.5 Å². The summed E-state index contributed by atoms with van der Waals surface area (Å²) in [5, 5.41) is 14.0. The van der Waals surface area contributed by atoms with Crippen LogP contribution in [0.3, 0.4) is 0 Å². The van der Waals surface area contributed by atoms with Crippen LogP contribution >= 0.6 is 0 Å². The Bertz CT molecular complexity index is 1250. The average molecular weight is 378 g/mol. The van der Waals surface area contributed by atoms with E-state index in [2.05, 4.69) is 15.1 Å². The molecule has 0 aliphatic heterocycles. The number of hydrogen-bond acceptors (Lipinski definition) is 5. The molecule has 0 amide bonds. The van der Waals surface area contributed by atoms with E-state index in [-0.39, 0.29) is 12.1 Å². The van der Waals surface area contributed by atoms with E-state index in [9.17, 15) is 14.0 Å². The molecule has 2 aromatic heterocycles. The first-order valence-electron chi connectivity index (χ1n) is 8.69. The first kappa shape index (κ1) is 17.7. The molecule has 0 bridgehead atoms. The lowest BCUT2D eigenvalue weighted by molar-refractivity contribution is -0.137. The minimum Gasteiger partial charge on any atom is -0.481 e. The fourth-order valence-corrected chi connectivity index (χ4v) is 3.04. The van der Waals surface area contributed by atoms with Crippen molar-refractivity contribution in [2.75, 3.05) is 0 Å². The molecule has 7 nitrogen and oxygen atoms in total. The first-order chi connectivity index (χ1) is 13.5. The minimum atomic E-state index is -0.893. The lowest BCUT2D eigenvalue weighted by Crippen LogP contribution is -2.19. The van der Waals surface area contributed by atoms with Gasteiger partial charge in [-0.25, -0.2) is 9.37 Å². The maximum absolute atomic E-state index is 13.2. The van der Waals surface area contributed by atoms with E-state index in [4.69, 9.17) is 5.11 Å². The summed E-state index contributed by atoms with van der Waals surface area (Å²) in [5.74, 6) is -0.805. The van der Waals surface area contributed by atoms with E-state index < -0.39 is 17.3 Å². The van der Waals surface area contributed by atoms with E-state index in [0.29, 0.717) is 40.8 Å². The van der Waals surface area contributed by atoms with Crippen LogP contribution in [-0.2, 0) is 11.2 Å². The smallest absolute Gasteiger partial charge is 0.303 e. The number of carboxylic acids is 1. The number of nitrogens with zero attached hydrogens (tertiary/aromatic N) is 4. The molecule has 2 heterocycles. The summed E-state index contributed by atoms with van der Waals surface area (Å²) in [7, 11) is 0. The van der Waals surface area contributed by atoms with Gasteiger partial charge in [-0.2, -0.15) is 14.6 Å². The van der Waals surface area contributed by atoms with Crippen molar-refractivity contribution in [3.8, 4) is 11.3 Å². The summed E-state index contributed by atoms with van der Waals surface area (Å²) in [6, 6.07) is 12.7. The number of para-hydroxylation sites is 1. The van der Waals surface area contributed by atoms with Crippen LogP contribution in [0.5, 0.6) is 0 Å². The molecule has 0 spiro atoms. The highest BCUT2D eigenvalue weighted by Crippen LogP contribution is 2.20.